The maximum absolute atomic E-state index is 12.7. The van der Waals surface area contributed by atoms with Crippen LogP contribution in [0.2, 0.25) is 0 Å². The van der Waals surface area contributed by atoms with Gasteiger partial charge in [0.15, 0.2) is 18.5 Å². The van der Waals surface area contributed by atoms with Crippen molar-refractivity contribution in [2.45, 2.75) is 30.7 Å². The van der Waals surface area contributed by atoms with Gasteiger partial charge in [0.05, 0.1) is 16.7 Å². The van der Waals surface area contributed by atoms with Gasteiger partial charge in [-0.25, -0.2) is 14.4 Å². The van der Waals surface area contributed by atoms with E-state index in [-0.39, 0.29) is 16.7 Å². The van der Waals surface area contributed by atoms with Crippen LogP contribution >= 0.6 is 0 Å². The van der Waals surface area contributed by atoms with Gasteiger partial charge >= 0.3 is 17.9 Å². The van der Waals surface area contributed by atoms with Crippen molar-refractivity contribution in [3.8, 4) is 0 Å². The Hall–Kier alpha value is -4.05. The van der Waals surface area contributed by atoms with Crippen molar-refractivity contribution in [1.82, 2.24) is 0 Å². The molecule has 3 aromatic carbocycles. The number of carbonyl (C=O) groups is 3. The van der Waals surface area contributed by atoms with E-state index < -0.39 is 55.2 Å². The number of ether oxygens (including phenoxy) is 4. The minimum atomic E-state index is -1.78. The molecule has 4 rings (SSSR count). The van der Waals surface area contributed by atoms with Gasteiger partial charge in [0.2, 0.25) is 0 Å². The summed E-state index contributed by atoms with van der Waals surface area (Å²) < 4.78 is 21.5. The lowest BCUT2D eigenvalue weighted by Crippen LogP contribution is -2.61. The van der Waals surface area contributed by atoms with Crippen molar-refractivity contribution in [2.75, 3.05) is 6.61 Å². The minimum absolute atomic E-state index is 0.186. The van der Waals surface area contributed by atoms with Crippen LogP contribution in [-0.4, -0.2) is 65.4 Å². The van der Waals surface area contributed by atoms with Crippen LogP contribution in [0, 0.1) is 0 Å². The summed E-state index contributed by atoms with van der Waals surface area (Å²) in [7, 11) is 0. The Kier molecular flexibility index (Phi) is 8.06. The molecule has 5 unspecified atom stereocenters. The van der Waals surface area contributed by atoms with Crippen molar-refractivity contribution >= 4 is 17.9 Å². The van der Waals surface area contributed by atoms with Gasteiger partial charge < -0.3 is 29.2 Å². The molecule has 0 radical (unpaired) electrons. The Balaban J connectivity index is 1.52. The molecule has 0 spiro atoms. The first-order valence-corrected chi connectivity index (χ1v) is 11.2. The molecule has 1 saturated heterocycles. The minimum Gasteiger partial charge on any atom is -0.459 e. The highest BCUT2D eigenvalue weighted by molar-refractivity contribution is 5.90. The first kappa shape index (κ1) is 25.1. The lowest BCUT2D eigenvalue weighted by atomic mass is 9.98. The molecule has 0 aliphatic carbocycles. The normalized spacial score (nSPS) is 23.3. The van der Waals surface area contributed by atoms with Crippen LogP contribution in [0.1, 0.15) is 31.1 Å². The first-order chi connectivity index (χ1) is 17.4. The zero-order chi connectivity index (χ0) is 25.5. The highest BCUT2D eigenvalue weighted by atomic mass is 16.7. The van der Waals surface area contributed by atoms with Crippen molar-refractivity contribution in [1.29, 1.82) is 0 Å². The number of aliphatic hydroxyl groups is 2. The summed E-state index contributed by atoms with van der Waals surface area (Å²) in [6, 6.07) is 24.1. The molecule has 0 bridgehead atoms. The fourth-order valence-electron chi connectivity index (χ4n) is 3.65. The summed E-state index contributed by atoms with van der Waals surface area (Å²) in [5.74, 6) is -2.30. The summed E-state index contributed by atoms with van der Waals surface area (Å²) in [6.45, 7) is -0.454. The van der Waals surface area contributed by atoms with E-state index in [1.807, 2.05) is 0 Å². The van der Waals surface area contributed by atoms with E-state index in [2.05, 4.69) is 0 Å². The summed E-state index contributed by atoms with van der Waals surface area (Å²) >= 11 is 0. The third-order valence-corrected chi connectivity index (χ3v) is 5.53. The lowest BCUT2D eigenvalue weighted by molar-refractivity contribution is -0.284. The number of esters is 3. The van der Waals surface area contributed by atoms with Crippen LogP contribution in [0.5, 0.6) is 0 Å². The molecule has 5 atom stereocenters. The number of hydrogen-bond donors (Lipinski definition) is 2. The van der Waals surface area contributed by atoms with Gasteiger partial charge in [0, 0.05) is 0 Å². The summed E-state index contributed by atoms with van der Waals surface area (Å²) in [5.41, 5.74) is 0.655. The monoisotopic (exact) mass is 492 g/mol. The molecular formula is C27H24O9. The van der Waals surface area contributed by atoms with E-state index in [0.29, 0.717) is 0 Å². The summed E-state index contributed by atoms with van der Waals surface area (Å²) in [4.78, 5) is 37.7. The zero-order valence-corrected chi connectivity index (χ0v) is 19.0. The van der Waals surface area contributed by atoms with Crippen LogP contribution in [0.3, 0.4) is 0 Å². The molecule has 36 heavy (non-hydrogen) atoms. The maximum Gasteiger partial charge on any atom is 0.338 e. The van der Waals surface area contributed by atoms with E-state index in [9.17, 15) is 24.6 Å². The molecule has 1 aliphatic rings. The molecule has 2 N–H and O–H groups in total. The molecule has 186 valence electrons. The van der Waals surface area contributed by atoms with Crippen molar-refractivity contribution < 1.29 is 43.5 Å². The molecule has 1 heterocycles. The second kappa shape index (κ2) is 11.6. The second-order valence-electron chi connectivity index (χ2n) is 7.99. The van der Waals surface area contributed by atoms with Crippen LogP contribution in [-0.2, 0) is 18.9 Å². The van der Waals surface area contributed by atoms with Gasteiger partial charge in [-0.05, 0) is 36.4 Å². The number of benzene rings is 3. The topological polar surface area (TPSA) is 129 Å². The van der Waals surface area contributed by atoms with Gasteiger partial charge in [-0.1, -0.05) is 54.6 Å². The van der Waals surface area contributed by atoms with Crippen LogP contribution in [0.4, 0.5) is 0 Å². The number of hydrogen-bond acceptors (Lipinski definition) is 9. The quantitative estimate of drug-likeness (QED) is 0.377. The highest BCUT2D eigenvalue weighted by Gasteiger charge is 2.50. The third kappa shape index (κ3) is 5.95. The van der Waals surface area contributed by atoms with Crippen molar-refractivity contribution in [2.24, 2.45) is 0 Å². The van der Waals surface area contributed by atoms with Gasteiger partial charge in [0.1, 0.15) is 18.8 Å². The zero-order valence-electron chi connectivity index (χ0n) is 19.0. The Morgan fingerprint density at radius 2 is 1.06 bits per heavy atom. The molecule has 3 aromatic rings. The van der Waals surface area contributed by atoms with Gasteiger partial charge in [-0.15, -0.1) is 0 Å². The predicted molar refractivity (Wildman–Crippen MR) is 125 cm³/mol. The third-order valence-electron chi connectivity index (χ3n) is 5.53. The molecule has 0 amide bonds. The molecule has 1 aliphatic heterocycles. The molecule has 9 heteroatoms. The highest BCUT2D eigenvalue weighted by Crippen LogP contribution is 2.27. The maximum atomic E-state index is 12.7. The van der Waals surface area contributed by atoms with E-state index in [4.69, 9.17) is 18.9 Å². The van der Waals surface area contributed by atoms with E-state index >= 15 is 0 Å². The second-order valence-corrected chi connectivity index (χ2v) is 7.99. The Labute approximate surface area is 206 Å². The fraction of sp³-hybridized carbons (Fsp3) is 0.222. The van der Waals surface area contributed by atoms with Crippen LogP contribution in [0.25, 0.3) is 0 Å². The van der Waals surface area contributed by atoms with E-state index in [1.54, 1.807) is 66.7 Å². The fourth-order valence-corrected chi connectivity index (χ4v) is 3.65. The van der Waals surface area contributed by atoms with Gasteiger partial charge in [-0.2, -0.15) is 0 Å². The Morgan fingerprint density at radius 1 is 0.639 bits per heavy atom. The summed E-state index contributed by atoms with van der Waals surface area (Å²) in [6.07, 6.45) is -7.72. The number of carbonyl (C=O) groups excluding carboxylic acids is 3. The average Bonchev–Trinajstić information content (AvgIpc) is 2.92. The average molecular weight is 492 g/mol. The molecule has 0 aromatic heterocycles. The number of rotatable bonds is 7. The van der Waals surface area contributed by atoms with Crippen LogP contribution in [0.15, 0.2) is 91.0 Å². The molecule has 1 fully saturated rings. The molecule has 0 saturated carbocycles. The Morgan fingerprint density at radius 3 is 1.53 bits per heavy atom. The standard InChI is InChI=1S/C27H24O9/c28-21-20(16-33-24(29)17-10-4-1-5-11-17)34-27(32)23(36-26(31)19-14-8-3-9-15-19)22(21)35-25(30)18-12-6-2-7-13-18/h1-15,20-23,27-28,32H,16H2. The number of aliphatic hydroxyl groups excluding tert-OH is 2. The first-order valence-electron chi connectivity index (χ1n) is 11.2. The van der Waals surface area contributed by atoms with Crippen molar-refractivity contribution in [3.05, 3.63) is 108 Å². The lowest BCUT2D eigenvalue weighted by Gasteiger charge is -2.41. The smallest absolute Gasteiger partial charge is 0.338 e. The van der Waals surface area contributed by atoms with E-state index in [1.165, 1.54) is 24.3 Å². The largest absolute Gasteiger partial charge is 0.459 e. The SMILES string of the molecule is O=C(OCC1OC(O)C(OC(=O)c2ccccc2)C(OC(=O)c2ccccc2)C1O)c1ccccc1. The Bertz CT molecular complexity index is 1170. The predicted octanol–water partition coefficient (Wildman–Crippen LogP) is 2.37. The van der Waals surface area contributed by atoms with Gasteiger partial charge in [-0.3, -0.25) is 0 Å². The van der Waals surface area contributed by atoms with E-state index in [0.717, 1.165) is 0 Å². The van der Waals surface area contributed by atoms with Crippen molar-refractivity contribution in [3.63, 3.8) is 0 Å². The van der Waals surface area contributed by atoms with Crippen LogP contribution < -0.4 is 0 Å². The van der Waals surface area contributed by atoms with Gasteiger partial charge in [0.25, 0.3) is 0 Å². The molecular weight excluding hydrogens is 468 g/mol. The molecule has 9 nitrogen and oxygen atoms in total. The summed E-state index contributed by atoms with van der Waals surface area (Å²) in [5, 5.41) is 21.6.